The summed E-state index contributed by atoms with van der Waals surface area (Å²) >= 11 is 1.57. The number of benzene rings is 1. The van der Waals surface area contributed by atoms with Gasteiger partial charge in [-0.05, 0) is 76.7 Å². The molecule has 2 aromatic rings. The zero-order valence-electron chi connectivity index (χ0n) is 20.3. The highest BCUT2D eigenvalue weighted by atomic mass is 32.1. The van der Waals surface area contributed by atoms with Crippen LogP contribution in [0.15, 0.2) is 47.8 Å². The average molecular weight is 490 g/mol. The smallest absolute Gasteiger partial charge is 0.240 e. The van der Waals surface area contributed by atoms with Gasteiger partial charge in [-0.1, -0.05) is 24.3 Å². The maximum absolute atomic E-state index is 14.0. The Balaban J connectivity index is 2.16. The van der Waals surface area contributed by atoms with Crippen LogP contribution in [0.2, 0.25) is 39.3 Å². The summed E-state index contributed by atoms with van der Waals surface area (Å²) in [7, 11) is -4.04. The van der Waals surface area contributed by atoms with Crippen LogP contribution < -0.4 is 4.90 Å². The van der Waals surface area contributed by atoms with E-state index < -0.39 is 40.2 Å². The second-order valence-electron chi connectivity index (χ2n) is 10.8. The second kappa shape index (κ2) is 8.98. The fourth-order valence-corrected chi connectivity index (χ4v) is 8.18. The number of carbonyl (C=O) groups excluding carboxylic acids is 2. The van der Waals surface area contributed by atoms with Gasteiger partial charge in [-0.3, -0.25) is 9.59 Å². The maximum Gasteiger partial charge on any atom is 0.240 e. The Morgan fingerprint density at radius 3 is 2.03 bits per heavy atom. The minimum atomic E-state index is -2.04. The molecule has 1 aliphatic rings. The molecule has 2 amide bonds. The molecule has 0 aliphatic carbocycles. The number of hydrogen-bond acceptors (Lipinski definition) is 5. The van der Waals surface area contributed by atoms with Gasteiger partial charge in [0.25, 0.3) is 0 Å². The highest BCUT2D eigenvalue weighted by Gasteiger charge is 2.59. The lowest BCUT2D eigenvalue weighted by molar-refractivity contribution is -0.131. The maximum atomic E-state index is 14.0. The van der Waals surface area contributed by atoms with E-state index in [0.717, 1.165) is 4.88 Å². The van der Waals surface area contributed by atoms with Crippen LogP contribution in [-0.2, 0) is 18.4 Å². The SMILES string of the molecule is CC(C)(O[Si](C)(C)C)[C@H]1C(=O)N(c2ccccc2)C(=O)[C@@H]1C(O[Si](C)(C)C)c1cccs1. The minimum absolute atomic E-state index is 0.213. The van der Waals surface area contributed by atoms with E-state index in [1.165, 1.54) is 4.90 Å². The van der Waals surface area contributed by atoms with Crippen molar-refractivity contribution >= 4 is 45.5 Å². The van der Waals surface area contributed by atoms with Gasteiger partial charge in [-0.2, -0.15) is 0 Å². The molecule has 3 rings (SSSR count). The number of carbonyl (C=O) groups is 2. The lowest BCUT2D eigenvalue weighted by Gasteiger charge is -2.40. The van der Waals surface area contributed by atoms with Crippen LogP contribution in [0, 0.1) is 11.8 Å². The molecule has 1 aromatic heterocycles. The topological polar surface area (TPSA) is 55.8 Å². The van der Waals surface area contributed by atoms with E-state index in [1.54, 1.807) is 23.5 Å². The van der Waals surface area contributed by atoms with Crippen molar-refractivity contribution < 1.29 is 18.4 Å². The van der Waals surface area contributed by atoms with Crippen molar-refractivity contribution in [1.29, 1.82) is 0 Å². The summed E-state index contributed by atoms with van der Waals surface area (Å²) in [6.07, 6.45) is -0.485. The predicted molar refractivity (Wildman–Crippen MR) is 136 cm³/mol. The van der Waals surface area contributed by atoms with Crippen LogP contribution in [0.1, 0.15) is 24.8 Å². The molecule has 1 fully saturated rings. The summed E-state index contributed by atoms with van der Waals surface area (Å²) in [5.74, 6) is -1.73. The van der Waals surface area contributed by atoms with Crippen molar-refractivity contribution in [3.05, 3.63) is 52.7 Å². The van der Waals surface area contributed by atoms with Gasteiger partial charge in [0.1, 0.15) is 0 Å². The molecule has 2 heterocycles. The lowest BCUT2D eigenvalue weighted by Crippen LogP contribution is -2.49. The Morgan fingerprint density at radius 2 is 1.53 bits per heavy atom. The summed E-state index contributed by atoms with van der Waals surface area (Å²) in [5, 5.41) is 1.99. The first-order valence-corrected chi connectivity index (χ1v) is 18.8. The first-order valence-electron chi connectivity index (χ1n) is 11.1. The first kappa shape index (κ1) is 25.0. The fourth-order valence-electron chi connectivity index (χ4n) is 4.55. The van der Waals surface area contributed by atoms with Crippen molar-refractivity contribution in [3.63, 3.8) is 0 Å². The zero-order chi connectivity index (χ0) is 23.9. The van der Waals surface area contributed by atoms with E-state index in [9.17, 15) is 9.59 Å². The van der Waals surface area contributed by atoms with Gasteiger partial charge >= 0.3 is 0 Å². The van der Waals surface area contributed by atoms with Gasteiger partial charge in [-0.25, -0.2) is 4.90 Å². The standard InChI is InChI=1S/C24H35NO4SSi2/c1-24(2,29-32(6,7)8)20-19(21(28-31(3,4)5)18-15-12-16-30-18)22(26)25(23(20)27)17-13-10-9-11-14-17/h9-16,19-21H,1-8H3/t19-,20+,21?/m0/s1. The molecule has 0 saturated carbocycles. The van der Waals surface area contributed by atoms with Crippen LogP contribution in [0.25, 0.3) is 0 Å². The van der Waals surface area contributed by atoms with Crippen LogP contribution in [0.5, 0.6) is 0 Å². The summed E-state index contributed by atoms with van der Waals surface area (Å²) in [6.45, 7) is 16.6. The molecular weight excluding hydrogens is 455 g/mol. The van der Waals surface area contributed by atoms with Gasteiger partial charge in [-0.15, -0.1) is 11.3 Å². The molecule has 174 valence electrons. The molecule has 1 aromatic carbocycles. The van der Waals surface area contributed by atoms with Crippen molar-refractivity contribution in [2.45, 2.75) is 64.8 Å². The molecule has 3 atom stereocenters. The molecule has 5 nitrogen and oxygen atoms in total. The monoisotopic (exact) mass is 489 g/mol. The summed E-state index contributed by atoms with van der Waals surface area (Å²) in [4.78, 5) is 30.2. The normalized spacial score (nSPS) is 21.3. The molecule has 0 spiro atoms. The number of para-hydroxylation sites is 1. The lowest BCUT2D eigenvalue weighted by atomic mass is 9.78. The minimum Gasteiger partial charge on any atom is -0.412 e. The van der Waals surface area contributed by atoms with E-state index in [0.29, 0.717) is 5.69 Å². The molecule has 1 unspecified atom stereocenters. The van der Waals surface area contributed by atoms with E-state index in [2.05, 4.69) is 39.3 Å². The number of thiophene rings is 1. The Bertz CT molecular complexity index is 949. The van der Waals surface area contributed by atoms with Crippen molar-refractivity contribution in [2.24, 2.45) is 11.8 Å². The quantitative estimate of drug-likeness (QED) is 0.333. The van der Waals surface area contributed by atoms with Crippen molar-refractivity contribution in [2.75, 3.05) is 4.90 Å². The van der Waals surface area contributed by atoms with Gasteiger partial charge in [0, 0.05) is 4.88 Å². The summed E-state index contributed by atoms with van der Waals surface area (Å²) in [5.41, 5.74) is -0.222. The predicted octanol–water partition coefficient (Wildman–Crippen LogP) is 6.08. The van der Waals surface area contributed by atoms with Gasteiger partial charge in [0.15, 0.2) is 16.6 Å². The molecule has 0 N–H and O–H groups in total. The van der Waals surface area contributed by atoms with Gasteiger partial charge in [0.05, 0.1) is 29.2 Å². The van der Waals surface area contributed by atoms with Gasteiger partial charge < -0.3 is 8.85 Å². The van der Waals surface area contributed by atoms with Crippen molar-refractivity contribution in [1.82, 2.24) is 0 Å². The molecule has 0 bridgehead atoms. The third kappa shape index (κ3) is 5.48. The number of nitrogens with zero attached hydrogens (tertiary/aromatic N) is 1. The molecule has 1 saturated heterocycles. The second-order valence-corrected chi connectivity index (χ2v) is 20.7. The molecule has 1 aliphatic heterocycles. The fraction of sp³-hybridized carbons (Fsp3) is 0.500. The highest BCUT2D eigenvalue weighted by molar-refractivity contribution is 7.10. The van der Waals surface area contributed by atoms with E-state index in [1.807, 2.05) is 49.6 Å². The van der Waals surface area contributed by atoms with Gasteiger partial charge in [0.2, 0.25) is 11.8 Å². The molecule has 32 heavy (non-hydrogen) atoms. The molecular formula is C24H35NO4SSi2. The molecule has 8 heteroatoms. The van der Waals surface area contributed by atoms with Crippen molar-refractivity contribution in [3.8, 4) is 0 Å². The largest absolute Gasteiger partial charge is 0.412 e. The Morgan fingerprint density at radius 1 is 0.906 bits per heavy atom. The average Bonchev–Trinajstić information content (AvgIpc) is 3.24. The number of hydrogen-bond donors (Lipinski definition) is 0. The number of anilines is 1. The summed E-state index contributed by atoms with van der Waals surface area (Å²) < 4.78 is 13.2. The highest BCUT2D eigenvalue weighted by Crippen LogP contribution is 2.48. The number of amides is 2. The van der Waals surface area contributed by atoms with Crippen LogP contribution in [0.4, 0.5) is 5.69 Å². The Kier molecular flexibility index (Phi) is 7.03. The summed E-state index contributed by atoms with van der Waals surface area (Å²) in [6, 6.07) is 13.2. The van der Waals surface area contributed by atoms with E-state index in [-0.39, 0.29) is 11.8 Å². The first-order chi connectivity index (χ1) is 14.7. The van der Waals surface area contributed by atoms with E-state index in [4.69, 9.17) is 8.85 Å². The Hall–Kier alpha value is -1.59. The van der Waals surface area contributed by atoms with Crippen LogP contribution in [0.3, 0.4) is 0 Å². The molecule has 0 radical (unpaired) electrons. The zero-order valence-corrected chi connectivity index (χ0v) is 23.2. The van der Waals surface area contributed by atoms with Crippen LogP contribution >= 0.6 is 11.3 Å². The van der Waals surface area contributed by atoms with Crippen LogP contribution in [-0.4, -0.2) is 34.1 Å². The number of rotatable bonds is 8. The van der Waals surface area contributed by atoms with E-state index >= 15 is 0 Å². The Labute approximate surface area is 198 Å². The third-order valence-electron chi connectivity index (χ3n) is 5.31. The number of imide groups is 1. The third-order valence-corrected chi connectivity index (χ3v) is 8.35.